The molecule has 0 spiro atoms. The Morgan fingerprint density at radius 2 is 1.98 bits per heavy atom. The van der Waals surface area contributed by atoms with Gasteiger partial charge in [-0.2, -0.15) is 9.65 Å². The van der Waals surface area contributed by atoms with E-state index in [4.69, 9.17) is 6.42 Å². The van der Waals surface area contributed by atoms with Gasteiger partial charge in [-0.1, -0.05) is 46.6 Å². The van der Waals surface area contributed by atoms with Crippen LogP contribution in [-0.4, -0.2) is 27.1 Å². The normalized spacial score (nSPS) is 16.5. The van der Waals surface area contributed by atoms with Gasteiger partial charge in [0, 0.05) is 41.3 Å². The van der Waals surface area contributed by atoms with Crippen LogP contribution in [0.1, 0.15) is 75.9 Å². The Bertz CT molecular complexity index is 1600. The number of hydrazine groups is 2. The molecule has 9 heteroatoms. The van der Waals surface area contributed by atoms with Gasteiger partial charge < -0.3 is 16.1 Å². The second kappa shape index (κ2) is 10.6. The van der Waals surface area contributed by atoms with E-state index in [-0.39, 0.29) is 11.0 Å². The largest absolute Gasteiger partial charge is 0.383 e. The van der Waals surface area contributed by atoms with Crippen molar-refractivity contribution >= 4 is 22.3 Å². The molecule has 2 aliphatic rings. The van der Waals surface area contributed by atoms with Crippen LogP contribution in [0.15, 0.2) is 42.4 Å². The number of fused-ring (bicyclic) bond motifs is 1. The van der Waals surface area contributed by atoms with E-state index in [0.29, 0.717) is 40.5 Å². The van der Waals surface area contributed by atoms with Crippen molar-refractivity contribution in [2.75, 3.05) is 17.2 Å². The van der Waals surface area contributed by atoms with Crippen LogP contribution >= 0.6 is 0 Å². The SMILES string of the molecule is C#Cc1cnc2c(C#N)cc(N[C@H](C3=CN(C4(C(C)C)CC4)NN3)c3ccc(F)nc3C)cc2c1NCC(C)(C)C. The fourth-order valence-corrected chi connectivity index (χ4v) is 5.40. The van der Waals surface area contributed by atoms with E-state index in [1.807, 2.05) is 6.07 Å². The quantitative estimate of drug-likeness (QED) is 0.203. The van der Waals surface area contributed by atoms with E-state index in [0.717, 1.165) is 35.2 Å². The highest BCUT2D eigenvalue weighted by atomic mass is 19.1. The van der Waals surface area contributed by atoms with Gasteiger partial charge in [0.15, 0.2) is 0 Å². The Hall–Kier alpha value is -4.34. The summed E-state index contributed by atoms with van der Waals surface area (Å²) in [6.45, 7) is 13.4. The van der Waals surface area contributed by atoms with Crippen molar-refractivity contribution in [2.24, 2.45) is 11.3 Å². The van der Waals surface area contributed by atoms with Crippen molar-refractivity contribution < 1.29 is 4.39 Å². The average Bonchev–Trinajstić information content (AvgIpc) is 3.60. The molecular weight excluding hydrogens is 515 g/mol. The second-order valence-corrected chi connectivity index (χ2v) is 12.5. The Kier molecular flexibility index (Phi) is 7.27. The molecule has 0 unspecified atom stereocenters. The number of aromatic nitrogens is 2. The van der Waals surface area contributed by atoms with E-state index < -0.39 is 12.0 Å². The van der Waals surface area contributed by atoms with Crippen LogP contribution in [0.25, 0.3) is 10.9 Å². The first-order valence-corrected chi connectivity index (χ1v) is 14.0. The average molecular weight is 553 g/mol. The van der Waals surface area contributed by atoms with Crippen molar-refractivity contribution in [1.82, 2.24) is 25.9 Å². The molecule has 1 fully saturated rings. The Morgan fingerprint density at radius 1 is 1.22 bits per heavy atom. The topological polar surface area (TPSA) is 101 Å². The lowest BCUT2D eigenvalue weighted by Crippen LogP contribution is -2.47. The van der Waals surface area contributed by atoms with Crippen LogP contribution in [0.2, 0.25) is 0 Å². The zero-order valence-corrected chi connectivity index (χ0v) is 24.5. The third-order valence-electron chi connectivity index (χ3n) is 7.97. The first-order chi connectivity index (χ1) is 19.5. The van der Waals surface area contributed by atoms with E-state index in [1.165, 1.54) is 6.07 Å². The summed E-state index contributed by atoms with van der Waals surface area (Å²) in [4.78, 5) is 8.64. The number of nitrogens with zero attached hydrogens (tertiary/aromatic N) is 4. The minimum Gasteiger partial charge on any atom is -0.383 e. The van der Waals surface area contributed by atoms with E-state index in [1.54, 1.807) is 25.3 Å². The summed E-state index contributed by atoms with van der Waals surface area (Å²) in [5.74, 6) is 2.66. The van der Waals surface area contributed by atoms with Gasteiger partial charge in [-0.15, -0.1) is 12.0 Å². The molecule has 0 radical (unpaired) electrons. The van der Waals surface area contributed by atoms with Crippen LogP contribution < -0.4 is 21.6 Å². The van der Waals surface area contributed by atoms with Gasteiger partial charge in [0.1, 0.15) is 6.07 Å². The molecule has 0 saturated heterocycles. The molecule has 212 valence electrons. The number of aryl methyl sites for hydroxylation is 1. The molecule has 3 heterocycles. The van der Waals surface area contributed by atoms with Crippen LogP contribution in [-0.2, 0) is 0 Å². The summed E-state index contributed by atoms with van der Waals surface area (Å²) in [7, 11) is 0. The van der Waals surface area contributed by atoms with Crippen molar-refractivity contribution in [2.45, 2.75) is 66.0 Å². The summed E-state index contributed by atoms with van der Waals surface area (Å²) in [5.41, 5.74) is 12.0. The number of halogens is 1. The van der Waals surface area contributed by atoms with Crippen LogP contribution in [0.5, 0.6) is 0 Å². The van der Waals surface area contributed by atoms with Gasteiger partial charge in [-0.25, -0.2) is 4.98 Å². The van der Waals surface area contributed by atoms with Crippen molar-refractivity contribution in [3.63, 3.8) is 0 Å². The number of rotatable bonds is 8. The fourth-order valence-electron chi connectivity index (χ4n) is 5.40. The molecule has 8 nitrogen and oxygen atoms in total. The number of nitriles is 1. The second-order valence-electron chi connectivity index (χ2n) is 12.5. The third kappa shape index (κ3) is 5.51. The molecule has 1 aliphatic heterocycles. The van der Waals surface area contributed by atoms with Gasteiger partial charge >= 0.3 is 0 Å². The molecule has 1 atom stereocenters. The maximum atomic E-state index is 14.0. The van der Waals surface area contributed by atoms with E-state index >= 15 is 0 Å². The number of pyridine rings is 2. The molecular formula is C32H37FN8. The molecule has 0 amide bonds. The van der Waals surface area contributed by atoms with Gasteiger partial charge in [0.25, 0.3) is 0 Å². The standard InChI is InChI=1S/C32H37FN8/c1-8-21-16-35-29-22(15-34)13-23(14-25(29)28(21)36-18-31(5,6)7)38-30(24-9-10-27(33)37-20(24)4)26-17-41(40-39-26)32(11-12-32)19(2)3/h1,9-10,13-14,16-17,19,30,38-40H,11-12,18H2,2-7H3,(H,35,36)/t30-/m0/s1. The summed E-state index contributed by atoms with van der Waals surface area (Å²) in [6.07, 6.45) is 11.8. The first-order valence-electron chi connectivity index (χ1n) is 14.0. The van der Waals surface area contributed by atoms with Crippen molar-refractivity contribution in [1.29, 1.82) is 5.26 Å². The number of nitrogens with one attached hydrogen (secondary N) is 4. The van der Waals surface area contributed by atoms with Crippen molar-refractivity contribution in [3.05, 3.63) is 70.7 Å². The molecule has 4 N–H and O–H groups in total. The molecule has 2 aromatic heterocycles. The predicted molar refractivity (Wildman–Crippen MR) is 161 cm³/mol. The Balaban J connectivity index is 1.61. The summed E-state index contributed by atoms with van der Waals surface area (Å²) < 4.78 is 14.0. The Labute approximate surface area is 241 Å². The molecule has 41 heavy (non-hydrogen) atoms. The highest BCUT2D eigenvalue weighted by Crippen LogP contribution is 2.48. The van der Waals surface area contributed by atoms with Crippen LogP contribution in [0.4, 0.5) is 15.8 Å². The van der Waals surface area contributed by atoms with Gasteiger partial charge in [0.2, 0.25) is 5.95 Å². The summed E-state index contributed by atoms with van der Waals surface area (Å²) in [5, 5.41) is 20.1. The van der Waals surface area contributed by atoms with Gasteiger partial charge in [-0.3, -0.25) is 9.99 Å². The molecule has 3 aromatic rings. The molecule has 1 aliphatic carbocycles. The Morgan fingerprint density at radius 3 is 2.59 bits per heavy atom. The minimum absolute atomic E-state index is 0.00197. The van der Waals surface area contributed by atoms with Crippen LogP contribution in [0.3, 0.4) is 0 Å². The monoisotopic (exact) mass is 552 g/mol. The maximum Gasteiger partial charge on any atom is 0.213 e. The van der Waals surface area contributed by atoms with Gasteiger partial charge in [0.05, 0.1) is 39.6 Å². The molecule has 1 aromatic carbocycles. The molecule has 0 bridgehead atoms. The molecule has 5 rings (SSSR count). The highest BCUT2D eigenvalue weighted by molar-refractivity contribution is 5.99. The molecule has 1 saturated carbocycles. The summed E-state index contributed by atoms with van der Waals surface area (Å²) >= 11 is 0. The smallest absolute Gasteiger partial charge is 0.213 e. The zero-order valence-electron chi connectivity index (χ0n) is 24.5. The summed E-state index contributed by atoms with van der Waals surface area (Å²) in [6, 6.07) is 8.75. The minimum atomic E-state index is -0.533. The van der Waals surface area contributed by atoms with E-state index in [9.17, 15) is 9.65 Å². The number of hydrogen-bond donors (Lipinski definition) is 4. The lowest BCUT2D eigenvalue weighted by atomic mass is 9.96. The van der Waals surface area contributed by atoms with E-state index in [2.05, 4.69) is 89.4 Å². The lowest BCUT2D eigenvalue weighted by Gasteiger charge is -2.30. The number of terminal acetylenes is 1. The van der Waals surface area contributed by atoms with Gasteiger partial charge in [-0.05, 0) is 49.3 Å². The third-order valence-corrected chi connectivity index (χ3v) is 7.97. The first kappa shape index (κ1) is 28.2. The zero-order chi connectivity index (χ0) is 29.5. The van der Waals surface area contributed by atoms with Crippen LogP contribution in [0, 0.1) is 47.9 Å². The number of benzene rings is 1. The predicted octanol–water partition coefficient (Wildman–Crippen LogP) is 5.90. The van der Waals surface area contributed by atoms with Crippen molar-refractivity contribution in [3.8, 4) is 18.4 Å². The fraction of sp³-hybridized carbons (Fsp3) is 0.406. The lowest BCUT2D eigenvalue weighted by molar-refractivity contribution is 0.134. The highest BCUT2D eigenvalue weighted by Gasteiger charge is 2.51. The maximum absolute atomic E-state index is 14.0. The number of anilines is 2. The number of hydrogen-bond acceptors (Lipinski definition) is 8.